The van der Waals surface area contributed by atoms with Crippen LogP contribution in [0, 0.1) is 24.0 Å². The predicted molar refractivity (Wildman–Crippen MR) is 95.3 cm³/mol. The Morgan fingerprint density at radius 2 is 2.12 bits per heavy atom. The third-order valence-electron chi connectivity index (χ3n) is 4.17. The molecular weight excluding hydrogens is 322 g/mol. The number of benzene rings is 1. The molecule has 1 aromatic carbocycles. The van der Waals surface area contributed by atoms with Crippen LogP contribution in [0.25, 0.3) is 0 Å². The highest BCUT2D eigenvalue weighted by Crippen LogP contribution is 2.32. The minimum absolute atomic E-state index is 0.0602. The van der Waals surface area contributed by atoms with E-state index in [0.29, 0.717) is 6.54 Å². The molecule has 1 atom stereocenters. The van der Waals surface area contributed by atoms with E-state index in [4.69, 9.17) is 4.74 Å². The topological polar surface area (TPSA) is 102 Å². The molecule has 1 unspecified atom stereocenters. The molecule has 1 saturated heterocycles. The van der Waals surface area contributed by atoms with Gasteiger partial charge in [-0.2, -0.15) is 0 Å². The molecule has 2 aromatic rings. The molecule has 1 aliphatic rings. The average Bonchev–Trinajstić information content (AvgIpc) is 3.09. The summed E-state index contributed by atoms with van der Waals surface area (Å²) in [5.74, 6) is 0.367. The first-order chi connectivity index (χ1) is 12.0. The molecular formula is C17H21N5O3. The minimum atomic E-state index is -0.467. The van der Waals surface area contributed by atoms with Gasteiger partial charge in [0, 0.05) is 18.8 Å². The van der Waals surface area contributed by atoms with Crippen molar-refractivity contribution in [1.29, 1.82) is 0 Å². The lowest BCUT2D eigenvalue weighted by Crippen LogP contribution is -2.20. The Balaban J connectivity index is 1.86. The Labute approximate surface area is 145 Å². The molecule has 25 heavy (non-hydrogen) atoms. The van der Waals surface area contributed by atoms with E-state index >= 15 is 0 Å². The first-order valence-electron chi connectivity index (χ1n) is 8.23. The number of hydrogen-bond donors (Lipinski definition) is 2. The number of nitrogens with zero attached hydrogens (tertiary/aromatic N) is 3. The van der Waals surface area contributed by atoms with Crippen LogP contribution in [0.2, 0.25) is 0 Å². The summed E-state index contributed by atoms with van der Waals surface area (Å²) in [7, 11) is 0. The van der Waals surface area contributed by atoms with Crippen LogP contribution in [0.1, 0.15) is 24.0 Å². The van der Waals surface area contributed by atoms with E-state index in [2.05, 4.69) is 20.6 Å². The summed E-state index contributed by atoms with van der Waals surface area (Å²) < 4.78 is 5.54. The second-order valence-corrected chi connectivity index (χ2v) is 6.14. The second kappa shape index (κ2) is 7.43. The van der Waals surface area contributed by atoms with Gasteiger partial charge in [0.2, 0.25) is 11.6 Å². The van der Waals surface area contributed by atoms with E-state index in [9.17, 15) is 10.1 Å². The molecule has 1 aromatic heterocycles. The average molecular weight is 343 g/mol. The second-order valence-electron chi connectivity index (χ2n) is 6.14. The highest BCUT2D eigenvalue weighted by atomic mass is 16.6. The van der Waals surface area contributed by atoms with Crippen molar-refractivity contribution in [3.05, 3.63) is 45.8 Å². The smallest absolute Gasteiger partial charge is 0.353 e. The zero-order valence-electron chi connectivity index (χ0n) is 14.3. The van der Waals surface area contributed by atoms with Crippen LogP contribution in [-0.2, 0) is 4.74 Å². The first kappa shape index (κ1) is 17.1. The Kier molecular flexibility index (Phi) is 5.08. The van der Waals surface area contributed by atoms with Crippen LogP contribution in [0.4, 0.5) is 23.0 Å². The molecule has 3 rings (SSSR count). The maximum absolute atomic E-state index is 11.6. The van der Waals surface area contributed by atoms with E-state index in [0.717, 1.165) is 36.3 Å². The van der Waals surface area contributed by atoms with Crippen molar-refractivity contribution in [1.82, 2.24) is 9.97 Å². The summed E-state index contributed by atoms with van der Waals surface area (Å²) in [5.41, 5.74) is 2.65. The van der Waals surface area contributed by atoms with Crippen LogP contribution >= 0.6 is 0 Å². The molecule has 132 valence electrons. The number of anilines is 3. The molecule has 0 bridgehead atoms. The lowest BCUT2D eigenvalue weighted by molar-refractivity contribution is -0.383. The van der Waals surface area contributed by atoms with Crippen molar-refractivity contribution in [2.24, 2.45) is 0 Å². The van der Waals surface area contributed by atoms with Crippen molar-refractivity contribution < 1.29 is 9.66 Å². The van der Waals surface area contributed by atoms with Gasteiger partial charge < -0.3 is 15.4 Å². The van der Waals surface area contributed by atoms with Crippen molar-refractivity contribution >= 4 is 23.0 Å². The fourth-order valence-electron chi connectivity index (χ4n) is 2.79. The summed E-state index contributed by atoms with van der Waals surface area (Å²) in [5, 5.41) is 17.7. The predicted octanol–water partition coefficient (Wildman–Crippen LogP) is 3.34. The number of hydrogen-bond acceptors (Lipinski definition) is 7. The van der Waals surface area contributed by atoms with Gasteiger partial charge in [-0.1, -0.05) is 12.1 Å². The molecule has 0 amide bonds. The van der Waals surface area contributed by atoms with Crippen molar-refractivity contribution in [2.45, 2.75) is 32.8 Å². The summed E-state index contributed by atoms with van der Waals surface area (Å²) >= 11 is 0. The normalized spacial score (nSPS) is 16.6. The molecule has 0 saturated carbocycles. The largest absolute Gasteiger partial charge is 0.376 e. The van der Waals surface area contributed by atoms with Crippen LogP contribution in [0.5, 0.6) is 0 Å². The molecule has 2 heterocycles. The van der Waals surface area contributed by atoms with Gasteiger partial charge in [-0.25, -0.2) is 9.97 Å². The Morgan fingerprint density at radius 1 is 1.32 bits per heavy atom. The van der Waals surface area contributed by atoms with Gasteiger partial charge in [-0.05, 0) is 43.9 Å². The van der Waals surface area contributed by atoms with Crippen LogP contribution in [0.15, 0.2) is 24.5 Å². The van der Waals surface area contributed by atoms with Crippen molar-refractivity contribution in [3.63, 3.8) is 0 Å². The summed E-state index contributed by atoms with van der Waals surface area (Å²) in [4.78, 5) is 19.2. The number of rotatable bonds is 6. The van der Waals surface area contributed by atoms with Crippen LogP contribution in [-0.4, -0.2) is 34.1 Å². The van der Waals surface area contributed by atoms with Crippen molar-refractivity contribution in [3.8, 4) is 0 Å². The van der Waals surface area contributed by atoms with Gasteiger partial charge in [0.25, 0.3) is 0 Å². The number of ether oxygens (including phenoxy) is 1. The Bertz CT molecular complexity index is 775. The zero-order valence-corrected chi connectivity index (χ0v) is 14.3. The monoisotopic (exact) mass is 343 g/mol. The molecule has 0 radical (unpaired) electrons. The van der Waals surface area contributed by atoms with E-state index in [1.165, 1.54) is 6.33 Å². The number of nitro groups is 1. The maximum Gasteiger partial charge on any atom is 0.353 e. The Hall–Kier alpha value is -2.74. The number of nitrogens with one attached hydrogen (secondary N) is 2. The van der Waals surface area contributed by atoms with Crippen molar-refractivity contribution in [2.75, 3.05) is 23.8 Å². The number of aromatic nitrogens is 2. The molecule has 8 heteroatoms. The summed E-state index contributed by atoms with van der Waals surface area (Å²) in [6.07, 6.45) is 3.33. The van der Waals surface area contributed by atoms with Gasteiger partial charge in [0.15, 0.2) is 0 Å². The standard InChI is InChI=1S/C17H21N5O3/c1-11-5-6-12(2)14(8-11)21-17-15(22(23)24)16(19-10-20-17)18-9-13-4-3-7-25-13/h5-6,8,10,13H,3-4,7,9H2,1-2H3,(H2,18,19,20,21). The maximum atomic E-state index is 11.6. The molecule has 2 N–H and O–H groups in total. The fourth-order valence-corrected chi connectivity index (χ4v) is 2.79. The quantitative estimate of drug-likeness (QED) is 0.612. The fraction of sp³-hybridized carbons (Fsp3) is 0.412. The van der Waals surface area contributed by atoms with Gasteiger partial charge >= 0.3 is 5.69 Å². The molecule has 8 nitrogen and oxygen atoms in total. The van der Waals surface area contributed by atoms with E-state index in [1.807, 2.05) is 32.0 Å². The molecule has 1 aliphatic heterocycles. The highest BCUT2D eigenvalue weighted by Gasteiger charge is 2.25. The SMILES string of the molecule is Cc1ccc(C)c(Nc2ncnc(NCC3CCCO3)c2[N+](=O)[O-])c1. The lowest BCUT2D eigenvalue weighted by Gasteiger charge is -2.14. The van der Waals surface area contributed by atoms with E-state index < -0.39 is 4.92 Å². The van der Waals surface area contributed by atoms with E-state index in [-0.39, 0.29) is 23.4 Å². The minimum Gasteiger partial charge on any atom is -0.376 e. The number of aryl methyl sites for hydroxylation is 2. The third kappa shape index (κ3) is 4.03. The highest BCUT2D eigenvalue weighted by molar-refractivity contribution is 5.74. The summed E-state index contributed by atoms with van der Waals surface area (Å²) in [6, 6.07) is 5.88. The van der Waals surface area contributed by atoms with Gasteiger partial charge in [0.1, 0.15) is 6.33 Å². The molecule has 0 aliphatic carbocycles. The van der Waals surface area contributed by atoms with Gasteiger partial charge in [-0.3, -0.25) is 10.1 Å². The third-order valence-corrected chi connectivity index (χ3v) is 4.17. The van der Waals surface area contributed by atoms with Crippen LogP contribution in [0.3, 0.4) is 0 Å². The zero-order chi connectivity index (χ0) is 17.8. The Morgan fingerprint density at radius 3 is 2.84 bits per heavy atom. The van der Waals surface area contributed by atoms with Gasteiger partial charge in [0.05, 0.1) is 11.0 Å². The lowest BCUT2D eigenvalue weighted by atomic mass is 10.1. The first-order valence-corrected chi connectivity index (χ1v) is 8.23. The van der Waals surface area contributed by atoms with Gasteiger partial charge in [-0.15, -0.1) is 0 Å². The van der Waals surface area contributed by atoms with Crippen LogP contribution < -0.4 is 10.6 Å². The summed E-state index contributed by atoms with van der Waals surface area (Å²) in [6.45, 7) is 5.12. The van der Waals surface area contributed by atoms with E-state index in [1.54, 1.807) is 0 Å². The molecule has 0 spiro atoms. The molecule has 1 fully saturated rings.